The van der Waals surface area contributed by atoms with E-state index in [1.54, 1.807) is 4.90 Å². The molecule has 0 saturated carbocycles. The Kier molecular flexibility index (Phi) is 4.36. The van der Waals surface area contributed by atoms with Crippen LogP contribution in [0.4, 0.5) is 4.79 Å². The second kappa shape index (κ2) is 6.82. The lowest BCUT2D eigenvalue weighted by Crippen LogP contribution is -2.49. The van der Waals surface area contributed by atoms with Crippen LogP contribution in [0.2, 0.25) is 0 Å². The van der Waals surface area contributed by atoms with Crippen molar-refractivity contribution in [3.8, 4) is 11.5 Å². The molecular formula is C19H22N4O3. The van der Waals surface area contributed by atoms with Crippen LogP contribution in [0.1, 0.15) is 24.3 Å². The van der Waals surface area contributed by atoms with Gasteiger partial charge in [-0.05, 0) is 25.0 Å². The normalized spacial score (nSPS) is 19.9. The molecule has 1 aromatic heterocycles. The fourth-order valence-corrected chi connectivity index (χ4v) is 3.73. The zero-order valence-electron chi connectivity index (χ0n) is 14.6. The highest BCUT2D eigenvalue weighted by Gasteiger charge is 2.33. The number of amides is 3. The quantitative estimate of drug-likeness (QED) is 0.893. The monoisotopic (exact) mass is 354 g/mol. The number of nitrogens with zero attached hydrogens (tertiary/aromatic N) is 3. The van der Waals surface area contributed by atoms with Crippen LogP contribution in [0.3, 0.4) is 0 Å². The van der Waals surface area contributed by atoms with Crippen LogP contribution in [0.15, 0.2) is 34.7 Å². The number of rotatable bonds is 2. The summed E-state index contributed by atoms with van der Waals surface area (Å²) in [4.78, 5) is 32.3. The maximum absolute atomic E-state index is 12.9. The third-order valence-electron chi connectivity index (χ3n) is 5.14. The van der Waals surface area contributed by atoms with Crippen LogP contribution < -0.4 is 5.73 Å². The lowest BCUT2D eigenvalue weighted by Gasteiger charge is -2.35. The molecule has 2 aromatic rings. The Balaban J connectivity index is 1.47. The summed E-state index contributed by atoms with van der Waals surface area (Å²) in [5.74, 6) is 1.35. The molecule has 1 aromatic carbocycles. The zero-order valence-corrected chi connectivity index (χ0v) is 14.6. The van der Waals surface area contributed by atoms with E-state index in [4.69, 9.17) is 10.2 Å². The molecule has 7 heteroatoms. The molecule has 0 aliphatic carbocycles. The van der Waals surface area contributed by atoms with Gasteiger partial charge in [-0.3, -0.25) is 4.79 Å². The number of nitrogens with two attached hydrogens (primary N) is 1. The number of oxazole rings is 1. The third kappa shape index (κ3) is 3.16. The van der Waals surface area contributed by atoms with Crippen molar-refractivity contribution >= 4 is 11.9 Å². The standard InChI is InChI=1S/C19H22N4O3/c20-19(25)23-9-4-7-14(11-23)18(24)22-10-8-16-15(12-22)21-17(26-16)13-5-2-1-3-6-13/h1-3,5-6,14H,4,7-12H2,(H2,20,25). The first-order chi connectivity index (χ1) is 12.6. The molecule has 4 rings (SSSR count). The maximum Gasteiger partial charge on any atom is 0.314 e. The Bertz CT molecular complexity index is 817. The van der Waals surface area contributed by atoms with Gasteiger partial charge in [-0.25, -0.2) is 9.78 Å². The van der Waals surface area contributed by atoms with Crippen molar-refractivity contribution in [3.63, 3.8) is 0 Å². The van der Waals surface area contributed by atoms with Crippen molar-refractivity contribution in [1.29, 1.82) is 0 Å². The molecule has 1 saturated heterocycles. The highest BCUT2D eigenvalue weighted by Crippen LogP contribution is 2.28. The lowest BCUT2D eigenvalue weighted by atomic mass is 9.96. The Morgan fingerprint density at radius 1 is 1.15 bits per heavy atom. The second-order valence-electron chi connectivity index (χ2n) is 6.89. The number of hydrogen-bond donors (Lipinski definition) is 1. The molecule has 136 valence electrons. The summed E-state index contributed by atoms with van der Waals surface area (Å²) in [5.41, 5.74) is 7.13. The summed E-state index contributed by atoms with van der Waals surface area (Å²) >= 11 is 0. The Morgan fingerprint density at radius 2 is 1.96 bits per heavy atom. The van der Waals surface area contributed by atoms with Gasteiger partial charge in [0.2, 0.25) is 11.8 Å². The van der Waals surface area contributed by atoms with Gasteiger partial charge in [0.25, 0.3) is 0 Å². The minimum atomic E-state index is -0.451. The average molecular weight is 354 g/mol. The predicted molar refractivity (Wildman–Crippen MR) is 94.9 cm³/mol. The molecule has 0 spiro atoms. The number of aromatic nitrogens is 1. The van der Waals surface area contributed by atoms with Crippen LogP contribution in [0, 0.1) is 5.92 Å². The zero-order chi connectivity index (χ0) is 18.1. The highest BCUT2D eigenvalue weighted by molar-refractivity contribution is 5.81. The van der Waals surface area contributed by atoms with Crippen molar-refractivity contribution < 1.29 is 14.0 Å². The first kappa shape index (κ1) is 16.6. The van der Waals surface area contributed by atoms with Gasteiger partial charge >= 0.3 is 6.03 Å². The molecule has 0 radical (unpaired) electrons. The van der Waals surface area contributed by atoms with E-state index < -0.39 is 6.03 Å². The summed E-state index contributed by atoms with van der Waals surface area (Å²) in [6.45, 7) is 2.11. The van der Waals surface area contributed by atoms with E-state index in [-0.39, 0.29) is 11.8 Å². The molecule has 1 fully saturated rings. The number of fused-ring (bicyclic) bond motifs is 1. The molecular weight excluding hydrogens is 332 g/mol. The van der Waals surface area contributed by atoms with Gasteiger partial charge in [0.1, 0.15) is 11.5 Å². The average Bonchev–Trinajstić information content (AvgIpc) is 3.11. The molecule has 2 aliphatic rings. The number of urea groups is 1. The van der Waals surface area contributed by atoms with E-state index in [0.29, 0.717) is 38.5 Å². The van der Waals surface area contributed by atoms with Crippen LogP contribution in [-0.2, 0) is 17.8 Å². The van der Waals surface area contributed by atoms with Crippen molar-refractivity contribution in [3.05, 3.63) is 41.8 Å². The highest BCUT2D eigenvalue weighted by atomic mass is 16.4. The Hall–Kier alpha value is -2.83. The SMILES string of the molecule is NC(=O)N1CCCC(C(=O)N2CCc3oc(-c4ccccc4)nc3C2)C1. The molecule has 7 nitrogen and oxygen atoms in total. The largest absolute Gasteiger partial charge is 0.441 e. The van der Waals surface area contributed by atoms with E-state index in [1.807, 2.05) is 35.2 Å². The van der Waals surface area contributed by atoms with Crippen molar-refractivity contribution in [1.82, 2.24) is 14.8 Å². The van der Waals surface area contributed by atoms with Gasteiger partial charge in [0.05, 0.1) is 12.5 Å². The number of carbonyl (C=O) groups excluding carboxylic acids is 2. The molecule has 26 heavy (non-hydrogen) atoms. The van der Waals surface area contributed by atoms with Gasteiger partial charge in [-0.15, -0.1) is 0 Å². The maximum atomic E-state index is 12.9. The molecule has 1 atom stereocenters. The fourth-order valence-electron chi connectivity index (χ4n) is 3.73. The summed E-state index contributed by atoms with van der Waals surface area (Å²) in [5, 5.41) is 0. The lowest BCUT2D eigenvalue weighted by molar-refractivity contribution is -0.138. The molecule has 2 aliphatic heterocycles. The predicted octanol–water partition coefficient (Wildman–Crippen LogP) is 2.02. The van der Waals surface area contributed by atoms with Crippen LogP contribution >= 0.6 is 0 Å². The molecule has 3 heterocycles. The van der Waals surface area contributed by atoms with Crippen LogP contribution in [0.5, 0.6) is 0 Å². The topological polar surface area (TPSA) is 92.7 Å². The van der Waals surface area contributed by atoms with E-state index in [1.165, 1.54) is 0 Å². The second-order valence-corrected chi connectivity index (χ2v) is 6.89. The van der Waals surface area contributed by atoms with Gasteiger partial charge < -0.3 is 20.0 Å². The van der Waals surface area contributed by atoms with Crippen molar-refractivity contribution in [2.75, 3.05) is 19.6 Å². The number of piperidine rings is 1. The molecule has 3 amide bonds. The summed E-state index contributed by atoms with van der Waals surface area (Å²) in [6.07, 6.45) is 2.26. The Labute approximate surface area is 151 Å². The van der Waals surface area contributed by atoms with Gasteiger partial charge in [-0.1, -0.05) is 18.2 Å². The molecule has 2 N–H and O–H groups in total. The first-order valence-corrected chi connectivity index (χ1v) is 8.99. The van der Waals surface area contributed by atoms with Gasteiger partial charge in [0.15, 0.2) is 0 Å². The van der Waals surface area contributed by atoms with Gasteiger partial charge in [-0.2, -0.15) is 0 Å². The number of primary amides is 1. The number of carbonyl (C=O) groups is 2. The van der Waals surface area contributed by atoms with E-state index in [2.05, 4.69) is 4.98 Å². The summed E-state index contributed by atoms with van der Waals surface area (Å²) < 4.78 is 5.90. The van der Waals surface area contributed by atoms with E-state index in [0.717, 1.165) is 29.9 Å². The number of likely N-dealkylation sites (tertiary alicyclic amines) is 1. The third-order valence-corrected chi connectivity index (χ3v) is 5.14. The smallest absolute Gasteiger partial charge is 0.314 e. The number of benzene rings is 1. The van der Waals surface area contributed by atoms with Crippen LogP contribution in [-0.4, -0.2) is 46.4 Å². The summed E-state index contributed by atoms with van der Waals surface area (Å²) in [6, 6.07) is 9.31. The first-order valence-electron chi connectivity index (χ1n) is 8.99. The number of hydrogen-bond acceptors (Lipinski definition) is 4. The van der Waals surface area contributed by atoms with E-state index >= 15 is 0 Å². The van der Waals surface area contributed by atoms with Crippen LogP contribution in [0.25, 0.3) is 11.5 Å². The van der Waals surface area contributed by atoms with Crippen molar-refractivity contribution in [2.45, 2.75) is 25.8 Å². The van der Waals surface area contributed by atoms with E-state index in [9.17, 15) is 9.59 Å². The minimum absolute atomic E-state index is 0.0749. The molecule has 1 unspecified atom stereocenters. The minimum Gasteiger partial charge on any atom is -0.441 e. The summed E-state index contributed by atoms with van der Waals surface area (Å²) in [7, 11) is 0. The fraction of sp³-hybridized carbons (Fsp3) is 0.421. The van der Waals surface area contributed by atoms with Crippen molar-refractivity contribution in [2.24, 2.45) is 11.7 Å². The Morgan fingerprint density at radius 3 is 2.73 bits per heavy atom. The molecule has 0 bridgehead atoms. The van der Waals surface area contributed by atoms with Gasteiger partial charge in [0, 0.05) is 31.6 Å².